The van der Waals surface area contributed by atoms with E-state index in [1.165, 1.54) is 31.3 Å². The Kier molecular flexibility index (Phi) is 9.26. The topological polar surface area (TPSA) is 101 Å². The Hall–Kier alpha value is -4.12. The maximum atomic E-state index is 14.3. The first-order valence-corrected chi connectivity index (χ1v) is 13.2. The van der Waals surface area contributed by atoms with Crippen molar-refractivity contribution in [3.05, 3.63) is 70.7 Å². The number of para-hydroxylation sites is 1. The van der Waals surface area contributed by atoms with Crippen LogP contribution in [0.5, 0.6) is 11.5 Å². The largest absolute Gasteiger partial charge is 0.493 e. The predicted molar refractivity (Wildman–Crippen MR) is 146 cm³/mol. The van der Waals surface area contributed by atoms with Gasteiger partial charge in [-0.1, -0.05) is 24.3 Å². The number of urea groups is 1. The number of nitrogens with zero attached hydrogens (tertiary/aromatic N) is 3. The Morgan fingerprint density at radius 3 is 2.50 bits per heavy atom. The van der Waals surface area contributed by atoms with Crippen LogP contribution in [0.3, 0.4) is 0 Å². The van der Waals surface area contributed by atoms with Crippen LogP contribution < -0.4 is 14.8 Å². The molecule has 0 radical (unpaired) electrons. The van der Waals surface area contributed by atoms with Crippen LogP contribution in [-0.4, -0.2) is 93.2 Å². The summed E-state index contributed by atoms with van der Waals surface area (Å²) in [7, 11) is 4.62. The number of hydrogen-bond acceptors (Lipinski definition) is 7. The zero-order valence-electron chi connectivity index (χ0n) is 23.2. The maximum absolute atomic E-state index is 14.3. The molecule has 2 aromatic carbocycles. The van der Waals surface area contributed by atoms with Gasteiger partial charge < -0.3 is 24.4 Å². The van der Waals surface area contributed by atoms with E-state index in [-0.39, 0.29) is 30.7 Å². The van der Waals surface area contributed by atoms with Crippen LogP contribution in [0.1, 0.15) is 35.3 Å². The van der Waals surface area contributed by atoms with Crippen LogP contribution >= 0.6 is 0 Å². The molecule has 0 saturated carbocycles. The fourth-order valence-corrected chi connectivity index (χ4v) is 5.12. The third kappa shape index (κ3) is 5.89. The highest BCUT2D eigenvalue weighted by molar-refractivity contribution is 5.96. The van der Waals surface area contributed by atoms with Crippen LogP contribution in [0.25, 0.3) is 0 Å². The van der Waals surface area contributed by atoms with Gasteiger partial charge >= 0.3 is 12.0 Å². The number of nitrogens with one attached hydrogen (secondary N) is 1. The molecule has 10 nitrogen and oxygen atoms in total. The molecule has 3 amide bonds. The first-order chi connectivity index (χ1) is 19.3. The Morgan fingerprint density at radius 1 is 1.02 bits per heavy atom. The van der Waals surface area contributed by atoms with Crippen molar-refractivity contribution in [1.82, 2.24) is 20.0 Å². The standard InChI is InChI=1S/C29H35FN4O6/c1-5-40-28(36)24-22(32(2)29(37)31-25(24)20-11-8-13-23(38-3)26(20)39-4)18-33-14-9-15-34(17-16-33)27(35)19-10-6-7-12-21(19)30/h6-8,10-13,25H,5,9,14-18H2,1-4H3,(H,31,37). The van der Waals surface area contributed by atoms with E-state index in [1.54, 1.807) is 49.2 Å². The number of hydrogen-bond donors (Lipinski definition) is 1. The van der Waals surface area contributed by atoms with Crippen molar-refractivity contribution >= 4 is 17.9 Å². The van der Waals surface area contributed by atoms with Gasteiger partial charge in [0.2, 0.25) is 0 Å². The lowest BCUT2D eigenvalue weighted by atomic mass is 9.93. The summed E-state index contributed by atoms with van der Waals surface area (Å²) >= 11 is 0. The predicted octanol–water partition coefficient (Wildman–Crippen LogP) is 3.20. The monoisotopic (exact) mass is 554 g/mol. The minimum Gasteiger partial charge on any atom is -0.493 e. The lowest BCUT2D eigenvalue weighted by Gasteiger charge is -2.37. The molecular weight excluding hydrogens is 519 g/mol. The van der Waals surface area contributed by atoms with E-state index in [2.05, 4.69) is 10.2 Å². The number of methoxy groups -OCH3 is 2. The van der Waals surface area contributed by atoms with Crippen LogP contribution in [0.4, 0.5) is 9.18 Å². The molecule has 40 heavy (non-hydrogen) atoms. The van der Waals surface area contributed by atoms with Gasteiger partial charge in [-0.25, -0.2) is 14.0 Å². The molecule has 1 atom stereocenters. The Bertz CT molecular complexity index is 1300. The van der Waals surface area contributed by atoms with Crippen molar-refractivity contribution in [2.75, 3.05) is 60.6 Å². The van der Waals surface area contributed by atoms with Gasteiger partial charge in [-0.2, -0.15) is 0 Å². The summed E-state index contributed by atoms with van der Waals surface area (Å²) in [4.78, 5) is 44.7. The molecule has 11 heteroatoms. The number of carbonyl (C=O) groups excluding carboxylic acids is 3. The van der Waals surface area contributed by atoms with Crippen molar-refractivity contribution in [3.8, 4) is 11.5 Å². The lowest BCUT2D eigenvalue weighted by molar-refractivity contribution is -0.139. The van der Waals surface area contributed by atoms with Crippen molar-refractivity contribution in [1.29, 1.82) is 0 Å². The number of ether oxygens (including phenoxy) is 3. The van der Waals surface area contributed by atoms with Crippen LogP contribution in [0.2, 0.25) is 0 Å². The summed E-state index contributed by atoms with van der Waals surface area (Å²) < 4.78 is 30.8. The Morgan fingerprint density at radius 2 is 1.80 bits per heavy atom. The number of rotatable bonds is 8. The smallest absolute Gasteiger partial charge is 0.338 e. The molecule has 1 unspecified atom stereocenters. The number of amides is 3. The van der Waals surface area contributed by atoms with Crippen LogP contribution in [-0.2, 0) is 9.53 Å². The molecule has 2 aliphatic rings. The number of benzene rings is 2. The molecule has 0 bridgehead atoms. The first-order valence-electron chi connectivity index (χ1n) is 13.2. The van der Waals surface area contributed by atoms with E-state index in [0.29, 0.717) is 60.9 Å². The highest BCUT2D eigenvalue weighted by atomic mass is 19.1. The molecule has 2 aliphatic heterocycles. The van der Waals surface area contributed by atoms with Gasteiger partial charge in [0.25, 0.3) is 5.91 Å². The SMILES string of the molecule is CCOC(=O)C1=C(CN2CCCN(C(=O)c3ccccc3F)CC2)N(C)C(=O)NC1c1cccc(OC)c1OC. The quantitative estimate of drug-likeness (QED) is 0.500. The minimum absolute atomic E-state index is 0.0435. The molecule has 0 aliphatic carbocycles. The molecule has 2 aromatic rings. The lowest BCUT2D eigenvalue weighted by Crippen LogP contribution is -2.49. The van der Waals surface area contributed by atoms with E-state index in [1.807, 2.05) is 0 Å². The second-order valence-electron chi connectivity index (χ2n) is 9.51. The van der Waals surface area contributed by atoms with E-state index < -0.39 is 17.8 Å². The van der Waals surface area contributed by atoms with Crippen molar-refractivity contribution < 1.29 is 33.0 Å². The number of halogens is 1. The average molecular weight is 555 g/mol. The van der Waals surface area contributed by atoms with Gasteiger partial charge in [-0.3, -0.25) is 14.6 Å². The second-order valence-corrected chi connectivity index (χ2v) is 9.51. The summed E-state index contributed by atoms with van der Waals surface area (Å²) in [5.41, 5.74) is 1.38. The van der Waals surface area contributed by atoms with Crippen LogP contribution in [0, 0.1) is 5.82 Å². The fourth-order valence-electron chi connectivity index (χ4n) is 5.12. The zero-order valence-corrected chi connectivity index (χ0v) is 23.2. The summed E-state index contributed by atoms with van der Waals surface area (Å²) in [5, 5.41) is 2.91. The molecule has 4 rings (SSSR count). The Labute approximate surface area is 233 Å². The van der Waals surface area contributed by atoms with E-state index in [9.17, 15) is 18.8 Å². The van der Waals surface area contributed by atoms with Gasteiger partial charge in [0, 0.05) is 51.0 Å². The van der Waals surface area contributed by atoms with Gasteiger partial charge in [0.15, 0.2) is 11.5 Å². The fraction of sp³-hybridized carbons (Fsp3) is 0.414. The van der Waals surface area contributed by atoms with Gasteiger partial charge in [0.1, 0.15) is 5.82 Å². The number of esters is 1. The molecule has 0 aromatic heterocycles. The maximum Gasteiger partial charge on any atom is 0.338 e. The normalized spacial score (nSPS) is 18.2. The van der Waals surface area contributed by atoms with Gasteiger partial charge in [0.05, 0.1) is 38.0 Å². The number of carbonyl (C=O) groups is 3. The van der Waals surface area contributed by atoms with E-state index in [0.717, 1.165) is 0 Å². The van der Waals surface area contributed by atoms with E-state index >= 15 is 0 Å². The molecular formula is C29H35FN4O6. The molecule has 2 heterocycles. The van der Waals surface area contributed by atoms with Crippen molar-refractivity contribution in [3.63, 3.8) is 0 Å². The summed E-state index contributed by atoms with van der Waals surface area (Å²) in [6, 6.07) is 10.00. The molecule has 1 fully saturated rings. The number of likely N-dealkylation sites (N-methyl/N-ethyl adjacent to an activating group) is 1. The minimum atomic E-state index is -0.839. The second kappa shape index (κ2) is 12.8. The average Bonchev–Trinajstić information content (AvgIpc) is 3.20. The highest BCUT2D eigenvalue weighted by Gasteiger charge is 2.39. The molecule has 214 valence electrons. The van der Waals surface area contributed by atoms with Crippen molar-refractivity contribution in [2.24, 2.45) is 0 Å². The van der Waals surface area contributed by atoms with Crippen molar-refractivity contribution in [2.45, 2.75) is 19.4 Å². The Balaban J connectivity index is 1.66. The zero-order chi connectivity index (χ0) is 28.8. The first kappa shape index (κ1) is 28.9. The van der Waals surface area contributed by atoms with Gasteiger partial charge in [-0.15, -0.1) is 0 Å². The summed E-state index contributed by atoms with van der Waals surface area (Å²) in [6.07, 6.45) is 0.644. The molecule has 1 N–H and O–H groups in total. The van der Waals surface area contributed by atoms with E-state index in [4.69, 9.17) is 14.2 Å². The summed E-state index contributed by atoms with van der Waals surface area (Å²) in [6.45, 7) is 4.08. The third-order valence-corrected chi connectivity index (χ3v) is 7.17. The van der Waals surface area contributed by atoms with Crippen LogP contribution in [0.15, 0.2) is 53.7 Å². The summed E-state index contributed by atoms with van der Waals surface area (Å²) in [5.74, 6) is -0.592. The molecule has 0 spiro atoms. The highest BCUT2D eigenvalue weighted by Crippen LogP contribution is 2.40. The third-order valence-electron chi connectivity index (χ3n) is 7.17. The van der Waals surface area contributed by atoms with Gasteiger partial charge in [-0.05, 0) is 31.5 Å². The molecule has 1 saturated heterocycles.